The molecule has 0 bridgehead atoms. The first kappa shape index (κ1) is 16.4. The van der Waals surface area contributed by atoms with Gasteiger partial charge in [-0.25, -0.2) is 0 Å². The Hall–Kier alpha value is -1.59. The molecule has 0 saturated heterocycles. The van der Waals surface area contributed by atoms with Gasteiger partial charge in [-0.2, -0.15) is 0 Å². The van der Waals surface area contributed by atoms with Crippen LogP contribution >= 0.6 is 0 Å². The number of ether oxygens (including phenoxy) is 1. The van der Waals surface area contributed by atoms with Gasteiger partial charge < -0.3 is 15.2 Å². The molecule has 0 aliphatic carbocycles. The maximum Gasteiger partial charge on any atom is 0.308 e. The second kappa shape index (κ2) is 8.49. The van der Waals surface area contributed by atoms with Gasteiger partial charge >= 0.3 is 11.9 Å². The molecular weight excluding hydrogens is 238 g/mol. The maximum absolute atomic E-state index is 11.4. The number of hydrogen-bond donors (Lipinski definition) is 2. The van der Waals surface area contributed by atoms with E-state index in [2.05, 4.69) is 10.1 Å². The van der Waals surface area contributed by atoms with Crippen LogP contribution in [0.1, 0.15) is 33.6 Å². The molecule has 0 radical (unpaired) electrons. The van der Waals surface area contributed by atoms with E-state index >= 15 is 0 Å². The van der Waals surface area contributed by atoms with Crippen molar-refractivity contribution in [2.75, 3.05) is 13.2 Å². The lowest BCUT2D eigenvalue weighted by molar-refractivity contribution is -0.145. The fourth-order valence-electron chi connectivity index (χ4n) is 1.37. The van der Waals surface area contributed by atoms with Crippen molar-refractivity contribution in [2.45, 2.75) is 33.6 Å². The molecule has 1 atom stereocenters. The largest absolute Gasteiger partial charge is 0.481 e. The number of carboxylic acid groups (broad SMARTS) is 1. The van der Waals surface area contributed by atoms with Crippen molar-refractivity contribution in [1.29, 1.82) is 0 Å². The number of carboxylic acids is 1. The number of nitrogens with one attached hydrogen (secondary N) is 1. The van der Waals surface area contributed by atoms with Gasteiger partial charge in [0, 0.05) is 13.0 Å². The molecular formula is C12H21NO5. The van der Waals surface area contributed by atoms with E-state index in [-0.39, 0.29) is 37.8 Å². The Kier molecular flexibility index (Phi) is 7.74. The van der Waals surface area contributed by atoms with Crippen LogP contribution in [0.4, 0.5) is 0 Å². The zero-order chi connectivity index (χ0) is 14.1. The molecule has 0 fully saturated rings. The fourth-order valence-corrected chi connectivity index (χ4v) is 1.37. The molecule has 0 aliphatic heterocycles. The minimum absolute atomic E-state index is 0.0130. The lowest BCUT2D eigenvalue weighted by Crippen LogP contribution is -2.35. The van der Waals surface area contributed by atoms with Gasteiger partial charge in [0.2, 0.25) is 5.91 Å². The SMILES string of the molecule is CCOC(=O)CCC(=O)NCC(C(=O)O)C(C)C. The second-order valence-corrected chi connectivity index (χ2v) is 4.30. The summed E-state index contributed by atoms with van der Waals surface area (Å²) in [7, 11) is 0. The summed E-state index contributed by atoms with van der Waals surface area (Å²) in [6, 6.07) is 0. The van der Waals surface area contributed by atoms with Gasteiger partial charge in [0.25, 0.3) is 0 Å². The van der Waals surface area contributed by atoms with E-state index < -0.39 is 17.9 Å². The summed E-state index contributed by atoms with van der Waals surface area (Å²) in [6.45, 7) is 5.62. The van der Waals surface area contributed by atoms with Crippen molar-refractivity contribution in [1.82, 2.24) is 5.32 Å². The molecule has 6 nitrogen and oxygen atoms in total. The number of aliphatic carboxylic acids is 1. The van der Waals surface area contributed by atoms with Crippen LogP contribution in [0.15, 0.2) is 0 Å². The minimum Gasteiger partial charge on any atom is -0.481 e. The molecule has 2 N–H and O–H groups in total. The van der Waals surface area contributed by atoms with E-state index in [0.717, 1.165) is 0 Å². The summed E-state index contributed by atoms with van der Waals surface area (Å²) >= 11 is 0. The summed E-state index contributed by atoms with van der Waals surface area (Å²) in [5.74, 6) is -2.37. The van der Waals surface area contributed by atoms with Crippen LogP contribution in [-0.2, 0) is 19.1 Å². The summed E-state index contributed by atoms with van der Waals surface area (Å²) in [5, 5.41) is 11.4. The molecule has 0 rings (SSSR count). The van der Waals surface area contributed by atoms with Crippen LogP contribution in [0, 0.1) is 11.8 Å². The standard InChI is InChI=1S/C12H21NO5/c1-4-18-11(15)6-5-10(14)13-7-9(8(2)3)12(16)17/h8-9H,4-7H2,1-3H3,(H,13,14)(H,16,17). The molecule has 0 aromatic heterocycles. The van der Waals surface area contributed by atoms with E-state index in [0.29, 0.717) is 0 Å². The van der Waals surface area contributed by atoms with Gasteiger partial charge in [0.05, 0.1) is 18.9 Å². The molecule has 0 aromatic carbocycles. The third-order valence-electron chi connectivity index (χ3n) is 2.50. The van der Waals surface area contributed by atoms with Crippen LogP contribution in [0.3, 0.4) is 0 Å². The lowest BCUT2D eigenvalue weighted by atomic mass is 9.96. The van der Waals surface area contributed by atoms with Crippen LogP contribution in [0.2, 0.25) is 0 Å². The Morgan fingerprint density at radius 2 is 1.83 bits per heavy atom. The van der Waals surface area contributed by atoms with Gasteiger partial charge in [-0.05, 0) is 12.8 Å². The molecule has 0 aliphatic rings. The Morgan fingerprint density at radius 1 is 1.22 bits per heavy atom. The molecule has 0 heterocycles. The summed E-state index contributed by atoms with van der Waals surface area (Å²) in [4.78, 5) is 33.3. The molecule has 6 heteroatoms. The van der Waals surface area contributed by atoms with Gasteiger partial charge in [0.1, 0.15) is 0 Å². The monoisotopic (exact) mass is 259 g/mol. The zero-order valence-corrected chi connectivity index (χ0v) is 11.1. The maximum atomic E-state index is 11.4. The van der Waals surface area contributed by atoms with Crippen LogP contribution < -0.4 is 5.32 Å². The first-order chi connectivity index (χ1) is 8.38. The highest BCUT2D eigenvalue weighted by Gasteiger charge is 2.21. The Morgan fingerprint density at radius 3 is 2.28 bits per heavy atom. The molecule has 0 spiro atoms. The van der Waals surface area contributed by atoms with Crippen molar-refractivity contribution in [3.63, 3.8) is 0 Å². The van der Waals surface area contributed by atoms with Gasteiger partial charge in [0.15, 0.2) is 0 Å². The highest BCUT2D eigenvalue weighted by Crippen LogP contribution is 2.09. The van der Waals surface area contributed by atoms with Crippen molar-refractivity contribution in [3.8, 4) is 0 Å². The van der Waals surface area contributed by atoms with E-state index in [4.69, 9.17) is 5.11 Å². The summed E-state index contributed by atoms with van der Waals surface area (Å²) < 4.78 is 4.68. The summed E-state index contributed by atoms with van der Waals surface area (Å²) in [6.07, 6.45) is 0.0301. The van der Waals surface area contributed by atoms with Crippen molar-refractivity contribution >= 4 is 17.8 Å². The topological polar surface area (TPSA) is 92.7 Å². The number of carbonyl (C=O) groups excluding carboxylic acids is 2. The Labute approximate surface area is 107 Å². The van der Waals surface area contributed by atoms with Gasteiger partial charge in [-0.3, -0.25) is 14.4 Å². The van der Waals surface area contributed by atoms with E-state index in [1.54, 1.807) is 20.8 Å². The normalized spacial score (nSPS) is 12.0. The number of hydrogen-bond acceptors (Lipinski definition) is 4. The highest BCUT2D eigenvalue weighted by molar-refractivity contribution is 5.81. The molecule has 0 saturated carbocycles. The number of amides is 1. The minimum atomic E-state index is -0.935. The van der Waals surface area contributed by atoms with E-state index in [1.165, 1.54) is 0 Å². The molecule has 1 unspecified atom stereocenters. The van der Waals surface area contributed by atoms with Crippen molar-refractivity contribution < 1.29 is 24.2 Å². The predicted octanol–water partition coefficient (Wildman–Crippen LogP) is 0.803. The van der Waals surface area contributed by atoms with Crippen LogP contribution in [-0.4, -0.2) is 36.1 Å². The molecule has 18 heavy (non-hydrogen) atoms. The number of rotatable bonds is 8. The Bertz CT molecular complexity index is 301. The zero-order valence-electron chi connectivity index (χ0n) is 11.1. The van der Waals surface area contributed by atoms with Gasteiger partial charge in [-0.15, -0.1) is 0 Å². The third kappa shape index (κ3) is 6.88. The van der Waals surface area contributed by atoms with Crippen molar-refractivity contribution in [3.05, 3.63) is 0 Å². The molecule has 104 valence electrons. The quantitative estimate of drug-likeness (QED) is 0.629. The average Bonchev–Trinajstić information content (AvgIpc) is 2.26. The first-order valence-corrected chi connectivity index (χ1v) is 6.03. The second-order valence-electron chi connectivity index (χ2n) is 4.30. The lowest BCUT2D eigenvalue weighted by Gasteiger charge is -2.16. The van der Waals surface area contributed by atoms with Gasteiger partial charge in [-0.1, -0.05) is 13.8 Å². The predicted molar refractivity (Wildman–Crippen MR) is 64.8 cm³/mol. The Balaban J connectivity index is 3.95. The number of carbonyl (C=O) groups is 3. The van der Waals surface area contributed by atoms with Crippen molar-refractivity contribution in [2.24, 2.45) is 11.8 Å². The highest BCUT2D eigenvalue weighted by atomic mass is 16.5. The van der Waals surface area contributed by atoms with Crippen LogP contribution in [0.5, 0.6) is 0 Å². The fraction of sp³-hybridized carbons (Fsp3) is 0.750. The molecule has 1 amide bonds. The molecule has 0 aromatic rings. The van der Waals surface area contributed by atoms with E-state index in [9.17, 15) is 14.4 Å². The number of esters is 1. The smallest absolute Gasteiger partial charge is 0.308 e. The summed E-state index contributed by atoms with van der Waals surface area (Å²) in [5.41, 5.74) is 0. The first-order valence-electron chi connectivity index (χ1n) is 6.03. The third-order valence-corrected chi connectivity index (χ3v) is 2.50. The average molecular weight is 259 g/mol. The van der Waals surface area contributed by atoms with E-state index in [1.807, 2.05) is 0 Å². The van der Waals surface area contributed by atoms with Crippen LogP contribution in [0.25, 0.3) is 0 Å².